The molecular weight excluding hydrogens is 308 g/mol. The zero-order valence-corrected chi connectivity index (χ0v) is 14.2. The molecule has 2 aromatic heterocycles. The van der Waals surface area contributed by atoms with Crippen LogP contribution in [0, 0.1) is 13.8 Å². The normalized spacial score (nSPS) is 12.0. The number of nitrogens with one attached hydrogen (secondary N) is 2. The second-order valence-electron chi connectivity index (χ2n) is 4.87. The third-order valence-electron chi connectivity index (χ3n) is 3.35. The minimum atomic E-state index is -3.50. The lowest BCUT2D eigenvalue weighted by Gasteiger charge is -2.06. The quantitative estimate of drug-likeness (QED) is 0.838. The summed E-state index contributed by atoms with van der Waals surface area (Å²) in [6.45, 7) is 4.66. The van der Waals surface area contributed by atoms with Crippen LogP contribution in [0.3, 0.4) is 0 Å². The molecular formula is C13H20N4O2S2. The van der Waals surface area contributed by atoms with Crippen LogP contribution >= 0.6 is 11.3 Å². The maximum absolute atomic E-state index is 12.4. The first-order valence-electron chi connectivity index (χ1n) is 6.56. The summed E-state index contributed by atoms with van der Waals surface area (Å²) >= 11 is 1.50. The van der Waals surface area contributed by atoms with E-state index in [-0.39, 0.29) is 6.54 Å². The fourth-order valence-electron chi connectivity index (χ4n) is 2.02. The Bertz CT molecular complexity index is 731. The smallest absolute Gasteiger partial charge is 0.241 e. The van der Waals surface area contributed by atoms with Gasteiger partial charge in [0.25, 0.3) is 0 Å². The molecule has 0 atom stereocenters. The maximum atomic E-state index is 12.4. The number of nitrogens with zero attached hydrogens (tertiary/aromatic N) is 2. The summed E-state index contributed by atoms with van der Waals surface area (Å²) in [5.41, 5.74) is 1.83. The molecule has 6 nitrogen and oxygen atoms in total. The third-order valence-corrected chi connectivity index (χ3v) is 6.06. The van der Waals surface area contributed by atoms with Crippen LogP contribution in [-0.4, -0.2) is 25.2 Å². The van der Waals surface area contributed by atoms with Crippen molar-refractivity contribution in [2.24, 2.45) is 7.05 Å². The Labute approximate surface area is 129 Å². The van der Waals surface area contributed by atoms with Gasteiger partial charge >= 0.3 is 0 Å². The molecule has 0 aliphatic carbocycles. The highest BCUT2D eigenvalue weighted by atomic mass is 32.2. The molecule has 2 aromatic rings. The SMILES string of the molecule is CNCc1cc(S(=O)(=O)NCc2cnn(C)c2C)c(C)s1. The van der Waals surface area contributed by atoms with Gasteiger partial charge in [0, 0.05) is 41.1 Å². The molecule has 0 saturated heterocycles. The molecule has 0 bridgehead atoms. The van der Waals surface area contributed by atoms with E-state index in [4.69, 9.17) is 0 Å². The first-order valence-corrected chi connectivity index (χ1v) is 8.86. The van der Waals surface area contributed by atoms with Crippen LogP contribution in [0.5, 0.6) is 0 Å². The van der Waals surface area contributed by atoms with E-state index in [2.05, 4.69) is 15.1 Å². The highest BCUT2D eigenvalue weighted by molar-refractivity contribution is 7.89. The van der Waals surface area contributed by atoms with Gasteiger partial charge in [0.2, 0.25) is 10.0 Å². The first kappa shape index (κ1) is 16.2. The van der Waals surface area contributed by atoms with E-state index in [1.165, 1.54) is 11.3 Å². The number of sulfonamides is 1. The minimum absolute atomic E-state index is 0.249. The van der Waals surface area contributed by atoms with Crippen LogP contribution in [0.15, 0.2) is 17.2 Å². The van der Waals surface area contributed by atoms with Crippen LogP contribution in [0.4, 0.5) is 0 Å². The Morgan fingerprint density at radius 2 is 2.05 bits per heavy atom. The summed E-state index contributed by atoms with van der Waals surface area (Å²) in [6, 6.07) is 1.73. The molecule has 116 valence electrons. The topological polar surface area (TPSA) is 76.0 Å². The zero-order chi connectivity index (χ0) is 15.6. The van der Waals surface area contributed by atoms with Crippen molar-refractivity contribution in [3.63, 3.8) is 0 Å². The van der Waals surface area contributed by atoms with Gasteiger partial charge in [-0.2, -0.15) is 5.10 Å². The van der Waals surface area contributed by atoms with Crippen LogP contribution < -0.4 is 10.0 Å². The van der Waals surface area contributed by atoms with E-state index in [0.29, 0.717) is 11.4 Å². The molecule has 0 aliphatic heterocycles. The molecule has 2 rings (SSSR count). The Kier molecular flexibility index (Phi) is 4.82. The third kappa shape index (κ3) is 3.52. The van der Waals surface area contributed by atoms with Gasteiger partial charge in [0.05, 0.1) is 11.1 Å². The molecule has 0 amide bonds. The van der Waals surface area contributed by atoms with Crippen LogP contribution in [0.25, 0.3) is 0 Å². The molecule has 0 saturated carbocycles. The molecule has 0 aliphatic rings. The highest BCUT2D eigenvalue weighted by Gasteiger charge is 2.20. The van der Waals surface area contributed by atoms with E-state index in [1.807, 2.05) is 27.9 Å². The van der Waals surface area contributed by atoms with Gasteiger partial charge in [0.1, 0.15) is 0 Å². The highest BCUT2D eigenvalue weighted by Crippen LogP contribution is 2.25. The van der Waals surface area contributed by atoms with Gasteiger partial charge in [-0.25, -0.2) is 13.1 Å². The van der Waals surface area contributed by atoms with Crippen molar-refractivity contribution in [2.45, 2.75) is 31.8 Å². The molecule has 0 fully saturated rings. The van der Waals surface area contributed by atoms with E-state index < -0.39 is 10.0 Å². The number of thiophene rings is 1. The van der Waals surface area contributed by atoms with E-state index in [9.17, 15) is 8.42 Å². The molecule has 21 heavy (non-hydrogen) atoms. The molecule has 0 aromatic carbocycles. The zero-order valence-electron chi connectivity index (χ0n) is 12.6. The lowest BCUT2D eigenvalue weighted by molar-refractivity contribution is 0.581. The van der Waals surface area contributed by atoms with Gasteiger partial charge in [0.15, 0.2) is 0 Å². The van der Waals surface area contributed by atoms with Crippen molar-refractivity contribution in [1.82, 2.24) is 19.8 Å². The number of aryl methyl sites for hydroxylation is 2. The van der Waals surface area contributed by atoms with Crippen LogP contribution in [-0.2, 0) is 30.2 Å². The largest absolute Gasteiger partial charge is 0.315 e. The number of rotatable bonds is 6. The van der Waals surface area contributed by atoms with E-state index in [1.54, 1.807) is 16.9 Å². The van der Waals surface area contributed by atoms with Crippen molar-refractivity contribution >= 4 is 21.4 Å². The molecule has 0 unspecified atom stereocenters. The Hall–Kier alpha value is -1.22. The van der Waals surface area contributed by atoms with Gasteiger partial charge < -0.3 is 5.32 Å². The van der Waals surface area contributed by atoms with Crippen molar-refractivity contribution in [3.05, 3.63) is 33.3 Å². The first-order chi connectivity index (χ1) is 9.85. The van der Waals surface area contributed by atoms with Gasteiger partial charge in [-0.05, 0) is 27.0 Å². The monoisotopic (exact) mass is 328 g/mol. The van der Waals surface area contributed by atoms with Crippen molar-refractivity contribution < 1.29 is 8.42 Å². The average molecular weight is 328 g/mol. The van der Waals surface area contributed by atoms with Gasteiger partial charge in [-0.15, -0.1) is 11.3 Å². The summed E-state index contributed by atoms with van der Waals surface area (Å²) in [6.07, 6.45) is 1.69. The summed E-state index contributed by atoms with van der Waals surface area (Å²) in [5.74, 6) is 0. The van der Waals surface area contributed by atoms with Crippen LogP contribution in [0.2, 0.25) is 0 Å². The van der Waals surface area contributed by atoms with Crippen molar-refractivity contribution in [2.75, 3.05) is 7.05 Å². The van der Waals surface area contributed by atoms with E-state index >= 15 is 0 Å². The molecule has 8 heteroatoms. The predicted octanol–water partition coefficient (Wildman–Crippen LogP) is 1.30. The maximum Gasteiger partial charge on any atom is 0.241 e. The summed E-state index contributed by atoms with van der Waals surface area (Å²) < 4.78 is 29.2. The second kappa shape index (κ2) is 6.27. The van der Waals surface area contributed by atoms with Crippen molar-refractivity contribution in [1.29, 1.82) is 0 Å². The van der Waals surface area contributed by atoms with Gasteiger partial charge in [-0.3, -0.25) is 4.68 Å². The lowest BCUT2D eigenvalue weighted by atomic mass is 10.3. The standard InChI is InChI=1S/C13H20N4O2S2/c1-9-11(6-15-17(9)4)7-16-21(18,19)13-5-12(8-14-3)20-10(13)2/h5-6,14,16H,7-8H2,1-4H3. The Balaban J connectivity index is 2.17. The predicted molar refractivity (Wildman–Crippen MR) is 83.8 cm³/mol. The summed E-state index contributed by atoms with van der Waals surface area (Å²) in [4.78, 5) is 2.17. The fraction of sp³-hybridized carbons (Fsp3) is 0.462. The fourth-order valence-corrected chi connectivity index (χ4v) is 4.67. The minimum Gasteiger partial charge on any atom is -0.315 e. The summed E-state index contributed by atoms with van der Waals surface area (Å²) in [5, 5.41) is 7.14. The number of aromatic nitrogens is 2. The molecule has 0 spiro atoms. The van der Waals surface area contributed by atoms with Gasteiger partial charge in [-0.1, -0.05) is 0 Å². The lowest BCUT2D eigenvalue weighted by Crippen LogP contribution is -2.23. The average Bonchev–Trinajstić information content (AvgIpc) is 2.93. The van der Waals surface area contributed by atoms with Crippen LogP contribution in [0.1, 0.15) is 21.0 Å². The van der Waals surface area contributed by atoms with E-state index in [0.717, 1.165) is 21.0 Å². The molecule has 0 radical (unpaired) electrons. The Morgan fingerprint density at radius 3 is 2.62 bits per heavy atom. The number of hydrogen-bond acceptors (Lipinski definition) is 5. The van der Waals surface area contributed by atoms with Crippen molar-refractivity contribution in [3.8, 4) is 0 Å². The number of hydrogen-bond donors (Lipinski definition) is 2. The molecule has 2 N–H and O–H groups in total. The second-order valence-corrected chi connectivity index (χ2v) is 7.94. The summed E-state index contributed by atoms with van der Waals surface area (Å²) in [7, 11) is 0.175. The Morgan fingerprint density at radius 1 is 1.33 bits per heavy atom. The molecule has 2 heterocycles.